The van der Waals surface area contributed by atoms with E-state index in [-0.39, 0.29) is 0 Å². The number of aromatic nitrogens is 4. The monoisotopic (exact) mass is 323 g/mol. The number of nitrogens with two attached hydrogens (primary N) is 1. The highest BCUT2D eigenvalue weighted by molar-refractivity contribution is 5.84. The van der Waals surface area contributed by atoms with Crippen LogP contribution in [0.15, 0.2) is 22.8 Å². The molecule has 3 aromatic heterocycles. The molecule has 0 saturated heterocycles. The van der Waals surface area contributed by atoms with E-state index in [1.165, 1.54) is 25.7 Å². The van der Waals surface area contributed by atoms with E-state index in [4.69, 9.17) is 10.2 Å². The van der Waals surface area contributed by atoms with Gasteiger partial charge in [0.1, 0.15) is 0 Å². The van der Waals surface area contributed by atoms with Gasteiger partial charge in [-0.1, -0.05) is 38.5 Å². The quantitative estimate of drug-likeness (QED) is 0.530. The lowest BCUT2D eigenvalue weighted by Gasteiger charge is -1.95. The van der Waals surface area contributed by atoms with Gasteiger partial charge in [-0.05, 0) is 24.5 Å². The molecule has 3 N–H and O–H groups in total. The zero-order valence-electron chi connectivity index (χ0n) is 13.8. The molecule has 0 radical (unpaired) electrons. The van der Waals surface area contributed by atoms with Crippen LogP contribution in [0, 0.1) is 11.8 Å². The van der Waals surface area contributed by atoms with Gasteiger partial charge in [0.25, 0.3) is 0 Å². The fourth-order valence-electron chi connectivity index (χ4n) is 2.47. The van der Waals surface area contributed by atoms with Crippen molar-refractivity contribution in [3.63, 3.8) is 0 Å². The summed E-state index contributed by atoms with van der Waals surface area (Å²) in [6.45, 7) is 2.21. The first-order chi connectivity index (χ1) is 11.8. The van der Waals surface area contributed by atoms with Crippen LogP contribution in [0.3, 0.4) is 0 Å². The predicted octanol–water partition coefficient (Wildman–Crippen LogP) is 3.91. The predicted molar refractivity (Wildman–Crippen MR) is 94.1 cm³/mol. The molecule has 0 amide bonds. The SMILES string of the molecule is CCCCCCCC#Cc1nc(N)c2nc(-c3ccco3)[nH]c2n1. The number of H-pyrrole nitrogens is 1. The molecule has 0 aliphatic rings. The Hall–Kier alpha value is -2.81. The third-order valence-corrected chi connectivity index (χ3v) is 3.73. The van der Waals surface area contributed by atoms with Gasteiger partial charge in [-0.2, -0.15) is 0 Å². The average molecular weight is 323 g/mol. The van der Waals surface area contributed by atoms with E-state index in [9.17, 15) is 0 Å². The van der Waals surface area contributed by atoms with E-state index in [2.05, 4.69) is 38.7 Å². The lowest BCUT2D eigenvalue weighted by atomic mass is 10.1. The molecule has 0 atom stereocenters. The molecule has 0 unspecified atom stereocenters. The number of nitrogens with one attached hydrogen (secondary N) is 1. The van der Waals surface area contributed by atoms with Crippen molar-refractivity contribution >= 4 is 17.0 Å². The van der Waals surface area contributed by atoms with Gasteiger partial charge < -0.3 is 15.1 Å². The van der Waals surface area contributed by atoms with Crippen molar-refractivity contribution in [2.75, 3.05) is 5.73 Å². The van der Waals surface area contributed by atoms with E-state index in [0.29, 0.717) is 34.4 Å². The van der Waals surface area contributed by atoms with Crippen LogP contribution in [0.1, 0.15) is 51.3 Å². The summed E-state index contributed by atoms with van der Waals surface area (Å²) in [6.07, 6.45) is 8.59. The molecular weight excluding hydrogens is 302 g/mol. The zero-order chi connectivity index (χ0) is 16.8. The number of furan rings is 1. The minimum Gasteiger partial charge on any atom is -0.461 e. The standard InChI is InChI=1S/C18H21N5O/c1-2-3-4-5-6-7-8-11-14-20-16(19)15-18(21-14)23-17(22-15)13-10-9-12-24-13/h9-10,12H,2-7H2,1H3,(H3,19,20,21,22,23). The first-order valence-electron chi connectivity index (χ1n) is 8.34. The molecule has 0 fully saturated rings. The maximum Gasteiger partial charge on any atom is 0.208 e. The summed E-state index contributed by atoms with van der Waals surface area (Å²) in [6, 6.07) is 3.62. The van der Waals surface area contributed by atoms with Crippen molar-refractivity contribution in [3.05, 3.63) is 24.2 Å². The van der Waals surface area contributed by atoms with Crippen molar-refractivity contribution in [1.82, 2.24) is 19.9 Å². The zero-order valence-corrected chi connectivity index (χ0v) is 13.8. The maximum atomic E-state index is 5.98. The maximum absolute atomic E-state index is 5.98. The van der Waals surface area contributed by atoms with E-state index in [0.717, 1.165) is 12.8 Å². The molecule has 0 spiro atoms. The number of nitrogens with zero attached hydrogens (tertiary/aromatic N) is 3. The molecule has 0 bridgehead atoms. The summed E-state index contributed by atoms with van der Waals surface area (Å²) in [5, 5.41) is 0. The molecule has 3 aromatic rings. The Morgan fingerprint density at radius 2 is 2.04 bits per heavy atom. The molecule has 3 rings (SSSR count). The number of unbranched alkanes of at least 4 members (excludes halogenated alkanes) is 5. The number of imidazole rings is 1. The third-order valence-electron chi connectivity index (χ3n) is 3.73. The van der Waals surface area contributed by atoms with Gasteiger partial charge in [0.2, 0.25) is 5.82 Å². The summed E-state index contributed by atoms with van der Waals surface area (Å²) in [4.78, 5) is 16.1. The number of fused-ring (bicyclic) bond motifs is 1. The van der Waals surface area contributed by atoms with Gasteiger partial charge in [-0.15, -0.1) is 0 Å². The third kappa shape index (κ3) is 3.74. The normalized spacial score (nSPS) is 10.7. The smallest absolute Gasteiger partial charge is 0.208 e. The largest absolute Gasteiger partial charge is 0.461 e. The van der Waals surface area contributed by atoms with Crippen LogP contribution < -0.4 is 5.73 Å². The van der Waals surface area contributed by atoms with Gasteiger partial charge in [-0.25, -0.2) is 15.0 Å². The molecule has 0 saturated carbocycles. The van der Waals surface area contributed by atoms with Crippen molar-refractivity contribution < 1.29 is 4.42 Å². The Kier molecular flexibility index (Phi) is 5.12. The van der Waals surface area contributed by atoms with Crippen LogP contribution in [0.5, 0.6) is 0 Å². The number of hydrogen-bond acceptors (Lipinski definition) is 5. The number of anilines is 1. The highest BCUT2D eigenvalue weighted by Crippen LogP contribution is 2.22. The van der Waals surface area contributed by atoms with Crippen LogP contribution in [-0.2, 0) is 0 Å². The molecule has 0 aromatic carbocycles. The van der Waals surface area contributed by atoms with E-state index in [1.54, 1.807) is 12.3 Å². The van der Waals surface area contributed by atoms with Gasteiger partial charge >= 0.3 is 0 Å². The lowest BCUT2D eigenvalue weighted by molar-refractivity contribution is 0.578. The van der Waals surface area contributed by atoms with Gasteiger partial charge in [-0.3, -0.25) is 0 Å². The minimum absolute atomic E-state index is 0.321. The summed E-state index contributed by atoms with van der Waals surface area (Å²) >= 11 is 0. The molecule has 6 nitrogen and oxygen atoms in total. The van der Waals surface area contributed by atoms with E-state index >= 15 is 0 Å². The van der Waals surface area contributed by atoms with Crippen LogP contribution in [0.2, 0.25) is 0 Å². The highest BCUT2D eigenvalue weighted by Gasteiger charge is 2.12. The number of nitrogen functional groups attached to an aromatic ring is 1. The Labute approximate surface area is 140 Å². The Morgan fingerprint density at radius 1 is 1.17 bits per heavy atom. The van der Waals surface area contributed by atoms with Crippen LogP contribution in [0.25, 0.3) is 22.7 Å². The Balaban J connectivity index is 1.71. The van der Waals surface area contributed by atoms with Crippen molar-refractivity contribution in [2.24, 2.45) is 0 Å². The fourth-order valence-corrected chi connectivity index (χ4v) is 2.47. The summed E-state index contributed by atoms with van der Waals surface area (Å²) in [5.74, 6) is 8.06. The fraction of sp³-hybridized carbons (Fsp3) is 0.389. The Bertz CT molecular complexity index is 855. The van der Waals surface area contributed by atoms with Crippen molar-refractivity contribution in [2.45, 2.75) is 45.4 Å². The van der Waals surface area contributed by atoms with Crippen LogP contribution in [-0.4, -0.2) is 19.9 Å². The van der Waals surface area contributed by atoms with Crippen molar-refractivity contribution in [1.29, 1.82) is 0 Å². The van der Waals surface area contributed by atoms with Crippen LogP contribution >= 0.6 is 0 Å². The van der Waals surface area contributed by atoms with E-state index < -0.39 is 0 Å². The molecule has 6 heteroatoms. The second kappa shape index (κ2) is 7.64. The Morgan fingerprint density at radius 3 is 2.83 bits per heavy atom. The van der Waals surface area contributed by atoms with Gasteiger partial charge in [0.05, 0.1) is 6.26 Å². The average Bonchev–Trinajstić information content (AvgIpc) is 3.23. The molecule has 24 heavy (non-hydrogen) atoms. The van der Waals surface area contributed by atoms with Crippen molar-refractivity contribution in [3.8, 4) is 23.4 Å². The number of rotatable bonds is 6. The first-order valence-corrected chi connectivity index (χ1v) is 8.34. The second-order valence-corrected chi connectivity index (χ2v) is 5.66. The van der Waals surface area contributed by atoms with Gasteiger partial charge in [0, 0.05) is 6.42 Å². The lowest BCUT2D eigenvalue weighted by Crippen LogP contribution is -1.97. The highest BCUT2D eigenvalue weighted by atomic mass is 16.3. The number of aromatic amines is 1. The van der Waals surface area contributed by atoms with Gasteiger partial charge in [0.15, 0.2) is 28.6 Å². The molecular formula is C18H21N5O. The summed E-state index contributed by atoms with van der Waals surface area (Å²) in [7, 11) is 0. The number of hydrogen-bond donors (Lipinski definition) is 2. The summed E-state index contributed by atoms with van der Waals surface area (Å²) < 4.78 is 5.33. The summed E-state index contributed by atoms with van der Waals surface area (Å²) in [5.41, 5.74) is 7.08. The molecule has 124 valence electrons. The topological polar surface area (TPSA) is 93.6 Å². The minimum atomic E-state index is 0.321. The second-order valence-electron chi connectivity index (χ2n) is 5.66. The van der Waals surface area contributed by atoms with Crippen LogP contribution in [0.4, 0.5) is 5.82 Å². The molecule has 3 heterocycles. The first kappa shape index (κ1) is 16.1. The van der Waals surface area contributed by atoms with E-state index in [1.807, 2.05) is 6.07 Å². The molecule has 0 aliphatic carbocycles. The molecule has 0 aliphatic heterocycles.